The third-order valence-electron chi connectivity index (χ3n) is 0.826. The topological polar surface area (TPSA) is 38.5 Å². The van der Waals surface area contributed by atoms with Crippen LogP contribution in [0.5, 0.6) is 0 Å². The van der Waals surface area contributed by atoms with E-state index in [4.69, 9.17) is 22.7 Å². The third-order valence-corrected chi connectivity index (χ3v) is 1.07. The van der Waals surface area contributed by atoms with Crippen LogP contribution in [-0.2, 0) is 4.74 Å². The molecule has 0 unspecified atom stereocenters. The van der Waals surface area contributed by atoms with Crippen LogP contribution in [0, 0.1) is 0 Å². The summed E-state index contributed by atoms with van der Waals surface area (Å²) in [5, 5.41) is 0.607. The Morgan fingerprint density at radius 3 is 2.60 bits per heavy atom. The van der Waals surface area contributed by atoms with Gasteiger partial charge in [0.15, 0.2) is 5.05 Å². The van der Waals surface area contributed by atoms with Crippen molar-refractivity contribution in [2.45, 2.75) is 0 Å². The number of thiocarbonyl (C=S) groups is 1. The smallest absolute Gasteiger partial charge is 0.173 e. The molecule has 0 atom stereocenters. The fourth-order valence-corrected chi connectivity index (χ4v) is 0.818. The van der Waals surface area contributed by atoms with E-state index in [9.17, 15) is 0 Å². The number of hydrogen-bond donors (Lipinski definition) is 1. The van der Waals surface area contributed by atoms with Gasteiger partial charge in [0.25, 0.3) is 0 Å². The molecule has 0 radical (unpaired) electrons. The quantitative estimate of drug-likeness (QED) is 0.584. The number of rotatable bonds is 4. The largest absolute Gasteiger partial charge is 0.484 e. The van der Waals surface area contributed by atoms with Crippen LogP contribution in [0.4, 0.5) is 0 Å². The van der Waals surface area contributed by atoms with Gasteiger partial charge in [-0.25, -0.2) is 0 Å². The van der Waals surface area contributed by atoms with Crippen molar-refractivity contribution in [3.05, 3.63) is 0 Å². The number of nitrogens with two attached hydrogens (primary N) is 1. The molecule has 0 aliphatic rings. The first-order valence-electron chi connectivity index (χ1n) is 3.17. The second kappa shape index (κ2) is 5.58. The van der Waals surface area contributed by atoms with Gasteiger partial charge in [0.1, 0.15) is 6.61 Å². The number of nitrogens with zero attached hydrogens (tertiary/aromatic N) is 1. The van der Waals surface area contributed by atoms with Gasteiger partial charge in [-0.2, -0.15) is 0 Å². The molecule has 0 saturated heterocycles. The zero-order valence-corrected chi connectivity index (χ0v) is 7.28. The molecule has 3 nitrogen and oxygen atoms in total. The van der Waals surface area contributed by atoms with Crippen LogP contribution < -0.4 is 5.73 Å². The highest BCUT2D eigenvalue weighted by Gasteiger charge is 1.97. The van der Waals surface area contributed by atoms with Gasteiger partial charge in [0.05, 0.1) is 6.54 Å². The van der Waals surface area contributed by atoms with Crippen molar-refractivity contribution in [1.29, 1.82) is 0 Å². The first kappa shape index (κ1) is 9.81. The van der Waals surface area contributed by atoms with Crippen LogP contribution in [-0.4, -0.2) is 43.7 Å². The molecule has 0 aromatic rings. The van der Waals surface area contributed by atoms with E-state index in [0.29, 0.717) is 24.7 Å². The Balaban J connectivity index is 3.26. The van der Waals surface area contributed by atoms with Crippen LogP contribution in [0.1, 0.15) is 0 Å². The minimum absolute atomic E-state index is 0.521. The summed E-state index contributed by atoms with van der Waals surface area (Å²) < 4.78 is 5.07. The summed E-state index contributed by atoms with van der Waals surface area (Å²) in [7, 11) is 3.89. The lowest BCUT2D eigenvalue weighted by molar-refractivity contribution is 0.300. The summed E-state index contributed by atoms with van der Waals surface area (Å²) in [5.41, 5.74) is 5.21. The maximum absolute atomic E-state index is 5.21. The fraction of sp³-hybridized carbons (Fsp3) is 0.833. The predicted molar refractivity (Wildman–Crippen MR) is 46.2 cm³/mol. The summed E-state index contributed by atoms with van der Waals surface area (Å²) in [6, 6.07) is 0. The maximum atomic E-state index is 5.21. The van der Waals surface area contributed by atoms with E-state index in [1.165, 1.54) is 0 Å². The van der Waals surface area contributed by atoms with Gasteiger partial charge in [-0.3, -0.25) is 0 Å². The Morgan fingerprint density at radius 2 is 2.20 bits per heavy atom. The van der Waals surface area contributed by atoms with E-state index >= 15 is 0 Å². The number of ether oxygens (including phenoxy) is 1. The van der Waals surface area contributed by atoms with Gasteiger partial charge in [0, 0.05) is 6.54 Å². The predicted octanol–water partition coefficient (Wildman–Crippen LogP) is -0.149. The summed E-state index contributed by atoms with van der Waals surface area (Å²) in [4.78, 5) is 1.96. The Labute approximate surface area is 67.1 Å². The SMILES string of the molecule is CN(C)CC(=S)OCCN. The molecule has 0 saturated carbocycles. The van der Waals surface area contributed by atoms with Crippen molar-refractivity contribution in [3.8, 4) is 0 Å². The zero-order valence-electron chi connectivity index (χ0n) is 6.46. The molecular formula is C6H14N2OS. The average molecular weight is 162 g/mol. The molecule has 0 aromatic carbocycles. The van der Waals surface area contributed by atoms with Crippen molar-refractivity contribution in [2.24, 2.45) is 5.73 Å². The molecule has 60 valence electrons. The normalized spacial score (nSPS) is 10.0. The molecule has 0 spiro atoms. The van der Waals surface area contributed by atoms with Crippen LogP contribution in [0.15, 0.2) is 0 Å². The molecule has 0 fully saturated rings. The zero-order chi connectivity index (χ0) is 7.98. The van der Waals surface area contributed by atoms with Crippen molar-refractivity contribution < 1.29 is 4.74 Å². The monoisotopic (exact) mass is 162 g/mol. The Morgan fingerprint density at radius 1 is 1.60 bits per heavy atom. The minimum Gasteiger partial charge on any atom is -0.484 e. The molecular weight excluding hydrogens is 148 g/mol. The highest BCUT2D eigenvalue weighted by molar-refractivity contribution is 7.80. The molecule has 10 heavy (non-hydrogen) atoms. The standard InChI is InChI=1S/C6H14N2OS/c1-8(2)5-6(10)9-4-3-7/h3-5,7H2,1-2H3. The van der Waals surface area contributed by atoms with Crippen LogP contribution in [0.25, 0.3) is 0 Å². The van der Waals surface area contributed by atoms with Crippen molar-refractivity contribution in [2.75, 3.05) is 33.8 Å². The lowest BCUT2D eigenvalue weighted by atomic mass is 10.6. The molecule has 0 aliphatic heterocycles. The highest BCUT2D eigenvalue weighted by atomic mass is 32.1. The summed E-state index contributed by atoms with van der Waals surface area (Å²) in [6.45, 7) is 1.73. The fourth-order valence-electron chi connectivity index (χ4n) is 0.477. The van der Waals surface area contributed by atoms with Crippen molar-refractivity contribution in [1.82, 2.24) is 4.90 Å². The Bertz CT molecular complexity index is 106. The van der Waals surface area contributed by atoms with E-state index in [-0.39, 0.29) is 0 Å². The lowest BCUT2D eigenvalue weighted by Crippen LogP contribution is -2.24. The Hall–Kier alpha value is -0.190. The van der Waals surface area contributed by atoms with Crippen LogP contribution >= 0.6 is 12.2 Å². The van der Waals surface area contributed by atoms with Crippen molar-refractivity contribution >= 4 is 17.3 Å². The van der Waals surface area contributed by atoms with Gasteiger partial charge in [-0.15, -0.1) is 0 Å². The molecule has 0 bridgehead atoms. The first-order valence-corrected chi connectivity index (χ1v) is 3.58. The van der Waals surface area contributed by atoms with E-state index in [2.05, 4.69) is 0 Å². The second-order valence-electron chi connectivity index (χ2n) is 2.25. The third kappa shape index (κ3) is 5.94. The first-order chi connectivity index (χ1) is 4.66. The molecule has 0 amide bonds. The van der Waals surface area contributed by atoms with Gasteiger partial charge in [0.2, 0.25) is 0 Å². The van der Waals surface area contributed by atoms with Gasteiger partial charge in [-0.05, 0) is 26.3 Å². The van der Waals surface area contributed by atoms with Gasteiger partial charge in [-0.1, -0.05) is 0 Å². The molecule has 0 rings (SSSR count). The summed E-state index contributed by atoms with van der Waals surface area (Å²) >= 11 is 4.88. The Kier molecular flexibility index (Phi) is 5.48. The van der Waals surface area contributed by atoms with E-state index in [1.807, 2.05) is 19.0 Å². The van der Waals surface area contributed by atoms with Crippen molar-refractivity contribution in [3.63, 3.8) is 0 Å². The molecule has 2 N–H and O–H groups in total. The van der Waals surface area contributed by atoms with E-state index in [1.54, 1.807) is 0 Å². The lowest BCUT2D eigenvalue weighted by Gasteiger charge is -2.10. The van der Waals surface area contributed by atoms with Crippen LogP contribution in [0.2, 0.25) is 0 Å². The molecule has 0 heterocycles. The van der Waals surface area contributed by atoms with Gasteiger partial charge >= 0.3 is 0 Å². The average Bonchev–Trinajstić information content (AvgIpc) is 1.82. The number of likely N-dealkylation sites (N-methyl/N-ethyl adjacent to an activating group) is 1. The summed E-state index contributed by atoms with van der Waals surface area (Å²) in [5.74, 6) is 0. The highest BCUT2D eigenvalue weighted by Crippen LogP contribution is 1.83. The molecule has 0 aromatic heterocycles. The molecule has 0 aliphatic carbocycles. The number of hydrogen-bond acceptors (Lipinski definition) is 4. The maximum Gasteiger partial charge on any atom is 0.173 e. The van der Waals surface area contributed by atoms with E-state index in [0.717, 1.165) is 0 Å². The minimum atomic E-state index is 0.521. The van der Waals surface area contributed by atoms with Gasteiger partial charge < -0.3 is 15.4 Å². The molecule has 4 heteroatoms. The second-order valence-corrected chi connectivity index (χ2v) is 2.70. The summed E-state index contributed by atoms with van der Waals surface area (Å²) in [6.07, 6.45) is 0. The van der Waals surface area contributed by atoms with Crippen LogP contribution in [0.3, 0.4) is 0 Å². The van der Waals surface area contributed by atoms with E-state index < -0.39 is 0 Å².